The number of hydrogen-bond donors (Lipinski definition) is 1. The minimum absolute atomic E-state index is 0.00390. The van der Waals surface area contributed by atoms with Crippen molar-refractivity contribution in [3.63, 3.8) is 0 Å². The molecule has 1 aromatic carbocycles. The van der Waals surface area contributed by atoms with E-state index in [-0.39, 0.29) is 23.1 Å². The molecule has 120 valence electrons. The maximum Gasteiger partial charge on any atom is 0.335 e. The van der Waals surface area contributed by atoms with Crippen molar-refractivity contribution in [3.05, 3.63) is 53.6 Å². The van der Waals surface area contributed by atoms with Gasteiger partial charge in [0.15, 0.2) is 0 Å². The summed E-state index contributed by atoms with van der Waals surface area (Å²) < 4.78 is 5.07. The molecule has 7 nitrogen and oxygen atoms in total. The number of carboxylic acid groups (broad SMARTS) is 1. The summed E-state index contributed by atoms with van der Waals surface area (Å²) in [5.74, 6) is -1.13. The molecule has 1 N–H and O–H groups in total. The van der Waals surface area contributed by atoms with Gasteiger partial charge in [0.05, 0.1) is 24.4 Å². The molecule has 1 atom stereocenters. The fourth-order valence-corrected chi connectivity index (χ4v) is 2.09. The van der Waals surface area contributed by atoms with Crippen LogP contribution in [0.15, 0.2) is 36.8 Å². The first kappa shape index (κ1) is 16.4. The van der Waals surface area contributed by atoms with Crippen molar-refractivity contribution in [2.45, 2.75) is 13.0 Å². The molecule has 1 heterocycles. The van der Waals surface area contributed by atoms with Crippen LogP contribution in [0, 0.1) is 0 Å². The van der Waals surface area contributed by atoms with E-state index in [0.29, 0.717) is 11.4 Å². The normalized spacial score (nSPS) is 11.6. The van der Waals surface area contributed by atoms with Crippen LogP contribution in [-0.4, -0.2) is 46.0 Å². The van der Waals surface area contributed by atoms with E-state index < -0.39 is 5.97 Å². The van der Waals surface area contributed by atoms with Gasteiger partial charge in [-0.2, -0.15) is 0 Å². The minimum atomic E-state index is -1.12. The standard InChI is InChI=1S/C16H17N3O4/c1-10(14-4-5-17-9-18-14)19(2)15(20)11-6-12(16(21)22)8-13(7-11)23-3/h4-10H,1-3H3,(H,21,22)/t10-/m0/s1. The zero-order valence-electron chi connectivity index (χ0n) is 13.1. The Morgan fingerprint density at radius 2 is 1.96 bits per heavy atom. The van der Waals surface area contributed by atoms with Gasteiger partial charge in [0.25, 0.3) is 5.91 Å². The number of aromatic carboxylic acids is 1. The molecule has 7 heteroatoms. The first-order valence-corrected chi connectivity index (χ1v) is 6.89. The zero-order valence-corrected chi connectivity index (χ0v) is 13.1. The maximum atomic E-state index is 12.6. The Kier molecular flexibility index (Phi) is 4.90. The van der Waals surface area contributed by atoms with Gasteiger partial charge in [0, 0.05) is 18.8 Å². The van der Waals surface area contributed by atoms with E-state index in [2.05, 4.69) is 9.97 Å². The Hall–Kier alpha value is -2.96. The predicted molar refractivity (Wildman–Crippen MR) is 82.5 cm³/mol. The second-order valence-electron chi connectivity index (χ2n) is 4.98. The molecule has 0 spiro atoms. The number of methoxy groups -OCH3 is 1. The first-order valence-electron chi connectivity index (χ1n) is 6.89. The molecule has 0 radical (unpaired) electrons. The Balaban J connectivity index is 2.32. The summed E-state index contributed by atoms with van der Waals surface area (Å²) in [7, 11) is 3.05. The van der Waals surface area contributed by atoms with Gasteiger partial charge in [-0.05, 0) is 31.2 Å². The summed E-state index contributed by atoms with van der Waals surface area (Å²) in [5.41, 5.74) is 0.929. The number of benzene rings is 1. The van der Waals surface area contributed by atoms with Gasteiger partial charge >= 0.3 is 5.97 Å². The van der Waals surface area contributed by atoms with Gasteiger partial charge < -0.3 is 14.7 Å². The fourth-order valence-electron chi connectivity index (χ4n) is 2.09. The molecule has 0 bridgehead atoms. The highest BCUT2D eigenvalue weighted by atomic mass is 16.5. The third kappa shape index (κ3) is 3.63. The molecule has 0 fully saturated rings. The van der Waals surface area contributed by atoms with Crippen LogP contribution in [0.25, 0.3) is 0 Å². The van der Waals surface area contributed by atoms with Crippen LogP contribution >= 0.6 is 0 Å². The quantitative estimate of drug-likeness (QED) is 0.907. The van der Waals surface area contributed by atoms with Crippen LogP contribution in [0.2, 0.25) is 0 Å². The predicted octanol–water partition coefficient (Wildman–Crippen LogP) is 2.02. The van der Waals surface area contributed by atoms with Crippen LogP contribution in [0.1, 0.15) is 39.4 Å². The highest BCUT2D eigenvalue weighted by Crippen LogP contribution is 2.22. The molecule has 0 aliphatic heterocycles. The lowest BCUT2D eigenvalue weighted by Gasteiger charge is -2.24. The van der Waals surface area contributed by atoms with Crippen molar-refractivity contribution < 1.29 is 19.4 Å². The fraction of sp³-hybridized carbons (Fsp3) is 0.250. The molecule has 0 saturated carbocycles. The molecular formula is C16H17N3O4. The van der Waals surface area contributed by atoms with Gasteiger partial charge in [-0.15, -0.1) is 0 Å². The molecule has 0 aliphatic rings. The van der Waals surface area contributed by atoms with Crippen LogP contribution in [-0.2, 0) is 0 Å². The van der Waals surface area contributed by atoms with E-state index in [9.17, 15) is 9.59 Å². The lowest BCUT2D eigenvalue weighted by Crippen LogP contribution is -2.30. The van der Waals surface area contributed by atoms with E-state index >= 15 is 0 Å². The van der Waals surface area contributed by atoms with Crippen molar-refractivity contribution in [1.29, 1.82) is 0 Å². The third-order valence-corrected chi connectivity index (χ3v) is 3.57. The van der Waals surface area contributed by atoms with Gasteiger partial charge in [-0.25, -0.2) is 14.8 Å². The number of carboxylic acids is 1. The average molecular weight is 315 g/mol. The van der Waals surface area contributed by atoms with Crippen molar-refractivity contribution in [1.82, 2.24) is 14.9 Å². The monoisotopic (exact) mass is 315 g/mol. The van der Waals surface area contributed by atoms with Crippen LogP contribution in [0.3, 0.4) is 0 Å². The molecular weight excluding hydrogens is 298 g/mol. The Labute approximate surface area is 133 Å². The second-order valence-corrected chi connectivity index (χ2v) is 4.98. The van der Waals surface area contributed by atoms with Gasteiger partial charge in [0.2, 0.25) is 0 Å². The van der Waals surface area contributed by atoms with Gasteiger partial charge in [-0.3, -0.25) is 4.79 Å². The van der Waals surface area contributed by atoms with Gasteiger partial charge in [-0.1, -0.05) is 0 Å². The van der Waals surface area contributed by atoms with E-state index in [1.807, 2.05) is 6.92 Å². The molecule has 2 aromatic rings. The summed E-state index contributed by atoms with van der Waals surface area (Å²) in [6, 6.07) is 5.65. The van der Waals surface area contributed by atoms with Gasteiger partial charge in [0.1, 0.15) is 12.1 Å². The SMILES string of the molecule is COc1cc(C(=O)O)cc(C(=O)N(C)[C@@H](C)c2ccncn2)c1. The average Bonchev–Trinajstić information content (AvgIpc) is 2.59. The van der Waals surface area contributed by atoms with E-state index in [0.717, 1.165) is 0 Å². The number of rotatable bonds is 5. The number of carbonyl (C=O) groups excluding carboxylic acids is 1. The van der Waals surface area contributed by atoms with E-state index in [1.54, 1.807) is 19.3 Å². The van der Waals surface area contributed by atoms with E-state index in [1.165, 1.54) is 36.5 Å². The number of aromatic nitrogens is 2. The summed E-state index contributed by atoms with van der Waals surface area (Å²) in [5, 5.41) is 9.14. The molecule has 0 aliphatic carbocycles. The van der Waals surface area contributed by atoms with Crippen molar-refractivity contribution in [2.75, 3.05) is 14.2 Å². The Bertz CT molecular complexity index is 719. The summed E-state index contributed by atoms with van der Waals surface area (Å²) in [6.07, 6.45) is 3.02. The second kappa shape index (κ2) is 6.87. The largest absolute Gasteiger partial charge is 0.497 e. The Morgan fingerprint density at radius 3 is 2.52 bits per heavy atom. The lowest BCUT2D eigenvalue weighted by atomic mass is 10.1. The molecule has 0 unspecified atom stereocenters. The smallest absolute Gasteiger partial charge is 0.335 e. The minimum Gasteiger partial charge on any atom is -0.497 e. The number of hydrogen-bond acceptors (Lipinski definition) is 5. The van der Waals surface area contributed by atoms with Crippen LogP contribution < -0.4 is 4.74 Å². The molecule has 23 heavy (non-hydrogen) atoms. The summed E-state index contributed by atoms with van der Waals surface area (Å²) in [6.45, 7) is 1.83. The highest BCUT2D eigenvalue weighted by Gasteiger charge is 2.21. The van der Waals surface area contributed by atoms with Crippen molar-refractivity contribution in [2.24, 2.45) is 0 Å². The van der Waals surface area contributed by atoms with E-state index in [4.69, 9.17) is 9.84 Å². The first-order chi connectivity index (χ1) is 10.9. The molecule has 2 rings (SSSR count). The third-order valence-electron chi connectivity index (χ3n) is 3.57. The summed E-state index contributed by atoms with van der Waals surface area (Å²) >= 11 is 0. The van der Waals surface area contributed by atoms with Crippen molar-refractivity contribution >= 4 is 11.9 Å². The topological polar surface area (TPSA) is 92.6 Å². The number of carbonyl (C=O) groups is 2. The van der Waals surface area contributed by atoms with Crippen LogP contribution in [0.4, 0.5) is 0 Å². The number of nitrogens with zero attached hydrogens (tertiary/aromatic N) is 3. The van der Waals surface area contributed by atoms with Crippen LogP contribution in [0.5, 0.6) is 5.75 Å². The lowest BCUT2D eigenvalue weighted by molar-refractivity contribution is 0.0696. The number of ether oxygens (including phenoxy) is 1. The Morgan fingerprint density at radius 1 is 1.26 bits per heavy atom. The molecule has 1 aromatic heterocycles. The zero-order chi connectivity index (χ0) is 17.0. The molecule has 0 saturated heterocycles. The van der Waals surface area contributed by atoms with Crippen molar-refractivity contribution in [3.8, 4) is 5.75 Å². The maximum absolute atomic E-state index is 12.6. The highest BCUT2D eigenvalue weighted by molar-refractivity contribution is 5.98. The summed E-state index contributed by atoms with van der Waals surface area (Å²) in [4.78, 5) is 33.3. The molecule has 1 amide bonds. The number of amides is 1.